The predicted molar refractivity (Wildman–Crippen MR) is 105 cm³/mol. The van der Waals surface area contributed by atoms with Crippen LogP contribution in [0.3, 0.4) is 0 Å². The molecular weight excluding hydrogens is 342 g/mol. The third-order valence-corrected chi connectivity index (χ3v) is 4.27. The number of ether oxygens (including phenoxy) is 1. The van der Waals surface area contributed by atoms with Crippen LogP contribution in [-0.2, 0) is 6.42 Å². The van der Waals surface area contributed by atoms with Gasteiger partial charge in [-0.1, -0.05) is 25.5 Å². The van der Waals surface area contributed by atoms with Crippen molar-refractivity contribution in [2.75, 3.05) is 27.2 Å². The monoisotopic (exact) mass is 369 g/mol. The van der Waals surface area contributed by atoms with Crippen molar-refractivity contribution < 1.29 is 14.3 Å². The summed E-state index contributed by atoms with van der Waals surface area (Å²) in [4.78, 5) is 30.5. The van der Waals surface area contributed by atoms with Gasteiger partial charge in [0.1, 0.15) is 5.75 Å². The van der Waals surface area contributed by atoms with E-state index in [1.165, 1.54) is 12.4 Å². The van der Waals surface area contributed by atoms with Crippen LogP contribution in [0.2, 0.25) is 0 Å². The molecule has 0 saturated carbocycles. The number of carbonyl (C=O) groups is 2. The Bertz CT molecular complexity index is 777. The maximum atomic E-state index is 12.4. The maximum Gasteiger partial charge on any atom is 0.255 e. The minimum absolute atomic E-state index is 0.123. The molecule has 2 amide bonds. The van der Waals surface area contributed by atoms with Crippen LogP contribution in [0.5, 0.6) is 5.75 Å². The van der Waals surface area contributed by atoms with Gasteiger partial charge in [-0.25, -0.2) is 0 Å². The molecule has 144 valence electrons. The van der Waals surface area contributed by atoms with Crippen LogP contribution in [0.1, 0.15) is 46.0 Å². The third-order valence-electron chi connectivity index (χ3n) is 4.27. The summed E-state index contributed by atoms with van der Waals surface area (Å²) in [6.45, 7) is 3.25. The molecule has 2 rings (SSSR count). The number of carbonyl (C=O) groups excluding carboxylic acids is 2. The second kappa shape index (κ2) is 10.3. The average molecular weight is 369 g/mol. The first kappa shape index (κ1) is 20.4. The van der Waals surface area contributed by atoms with E-state index in [0.29, 0.717) is 30.6 Å². The minimum atomic E-state index is -0.240. The van der Waals surface area contributed by atoms with Crippen molar-refractivity contribution in [2.24, 2.45) is 0 Å². The van der Waals surface area contributed by atoms with Crippen LogP contribution in [0.4, 0.5) is 0 Å². The van der Waals surface area contributed by atoms with Crippen LogP contribution in [0.15, 0.2) is 42.7 Å². The van der Waals surface area contributed by atoms with Gasteiger partial charge in [-0.2, -0.15) is 0 Å². The van der Waals surface area contributed by atoms with Crippen molar-refractivity contribution in [1.29, 1.82) is 0 Å². The molecule has 0 aliphatic heterocycles. The van der Waals surface area contributed by atoms with Crippen LogP contribution in [0.25, 0.3) is 0 Å². The van der Waals surface area contributed by atoms with Gasteiger partial charge in [0.05, 0.1) is 18.2 Å². The standard InChI is InChI=1S/C21H27N3O3/c1-4-5-11-24(2)21(26)18-13-17(14-22-15-18)20(25)23-10-9-16-7-6-8-19(12-16)27-3/h6-8,12-15H,4-5,9-11H2,1-3H3,(H,23,25). The Morgan fingerprint density at radius 1 is 1.19 bits per heavy atom. The van der Waals surface area contributed by atoms with Gasteiger partial charge in [0.15, 0.2) is 0 Å². The average Bonchev–Trinajstić information content (AvgIpc) is 2.71. The van der Waals surface area contributed by atoms with Gasteiger partial charge in [-0.3, -0.25) is 14.6 Å². The Labute approximate surface area is 160 Å². The molecule has 0 spiro atoms. The van der Waals surface area contributed by atoms with Crippen LogP contribution < -0.4 is 10.1 Å². The molecule has 6 heteroatoms. The molecule has 0 aliphatic rings. The summed E-state index contributed by atoms with van der Waals surface area (Å²) in [5, 5.41) is 2.87. The second-order valence-corrected chi connectivity index (χ2v) is 6.40. The molecule has 27 heavy (non-hydrogen) atoms. The number of nitrogens with one attached hydrogen (secondary N) is 1. The Hall–Kier alpha value is -2.89. The summed E-state index contributed by atoms with van der Waals surface area (Å²) < 4.78 is 5.20. The van der Waals surface area contributed by atoms with Gasteiger partial charge < -0.3 is 15.0 Å². The number of pyridine rings is 1. The first-order valence-corrected chi connectivity index (χ1v) is 9.16. The SMILES string of the molecule is CCCCN(C)C(=O)c1cncc(C(=O)NCCc2cccc(OC)c2)c1. The fourth-order valence-electron chi connectivity index (χ4n) is 2.65. The van der Waals surface area contributed by atoms with Gasteiger partial charge in [0.2, 0.25) is 0 Å². The molecular formula is C21H27N3O3. The molecule has 1 heterocycles. The smallest absolute Gasteiger partial charge is 0.255 e. The zero-order chi connectivity index (χ0) is 19.6. The highest BCUT2D eigenvalue weighted by molar-refractivity contribution is 5.99. The summed E-state index contributed by atoms with van der Waals surface area (Å²) in [7, 11) is 3.39. The zero-order valence-electron chi connectivity index (χ0n) is 16.2. The Balaban J connectivity index is 1.93. The summed E-state index contributed by atoms with van der Waals surface area (Å²) in [5.74, 6) is 0.430. The number of aromatic nitrogens is 1. The van der Waals surface area contributed by atoms with E-state index in [9.17, 15) is 9.59 Å². The lowest BCUT2D eigenvalue weighted by molar-refractivity contribution is 0.0793. The van der Waals surface area contributed by atoms with Gasteiger partial charge in [0, 0.05) is 32.5 Å². The first-order valence-electron chi connectivity index (χ1n) is 9.16. The summed E-state index contributed by atoms with van der Waals surface area (Å²) in [6, 6.07) is 9.33. The topological polar surface area (TPSA) is 71.5 Å². The van der Waals surface area contributed by atoms with E-state index >= 15 is 0 Å². The molecule has 1 aromatic heterocycles. The number of hydrogen-bond donors (Lipinski definition) is 1. The van der Waals surface area contributed by atoms with E-state index in [2.05, 4.69) is 17.2 Å². The highest BCUT2D eigenvalue weighted by Gasteiger charge is 2.14. The lowest BCUT2D eigenvalue weighted by Gasteiger charge is -2.16. The molecule has 0 radical (unpaired) electrons. The second-order valence-electron chi connectivity index (χ2n) is 6.40. The van der Waals surface area contributed by atoms with E-state index < -0.39 is 0 Å². The van der Waals surface area contributed by atoms with E-state index in [-0.39, 0.29) is 11.8 Å². The quantitative estimate of drug-likeness (QED) is 0.738. The van der Waals surface area contributed by atoms with Gasteiger partial charge in [-0.05, 0) is 36.6 Å². The molecule has 6 nitrogen and oxygen atoms in total. The number of amides is 2. The largest absolute Gasteiger partial charge is 0.497 e. The third kappa shape index (κ3) is 6.09. The fourth-order valence-corrected chi connectivity index (χ4v) is 2.65. The van der Waals surface area contributed by atoms with Gasteiger partial charge in [-0.15, -0.1) is 0 Å². The van der Waals surface area contributed by atoms with E-state index in [1.54, 1.807) is 25.1 Å². The minimum Gasteiger partial charge on any atom is -0.497 e. The summed E-state index contributed by atoms with van der Waals surface area (Å²) in [6.07, 6.45) is 5.63. The summed E-state index contributed by atoms with van der Waals surface area (Å²) >= 11 is 0. The van der Waals surface area contributed by atoms with Crippen molar-refractivity contribution in [1.82, 2.24) is 15.2 Å². The van der Waals surface area contributed by atoms with Crippen LogP contribution in [0, 0.1) is 0 Å². The van der Waals surface area contributed by atoms with Crippen molar-refractivity contribution >= 4 is 11.8 Å². The van der Waals surface area contributed by atoms with Gasteiger partial charge >= 0.3 is 0 Å². The van der Waals surface area contributed by atoms with Crippen molar-refractivity contribution in [3.63, 3.8) is 0 Å². The van der Waals surface area contributed by atoms with Crippen LogP contribution >= 0.6 is 0 Å². The number of nitrogens with zero attached hydrogens (tertiary/aromatic N) is 2. The molecule has 1 aromatic carbocycles. The van der Waals surface area contributed by atoms with Crippen molar-refractivity contribution in [2.45, 2.75) is 26.2 Å². The molecule has 0 fully saturated rings. The Kier molecular flexibility index (Phi) is 7.79. The highest BCUT2D eigenvalue weighted by atomic mass is 16.5. The van der Waals surface area contributed by atoms with E-state index in [4.69, 9.17) is 4.74 Å². The predicted octanol–water partition coefficient (Wildman–Crippen LogP) is 2.93. The first-order chi connectivity index (χ1) is 13.0. The molecule has 0 atom stereocenters. The van der Waals surface area contributed by atoms with Crippen molar-refractivity contribution in [3.05, 3.63) is 59.4 Å². The molecule has 1 N–H and O–H groups in total. The Morgan fingerprint density at radius 2 is 1.96 bits per heavy atom. The number of unbranched alkanes of at least 4 members (excludes halogenated alkanes) is 1. The van der Waals surface area contributed by atoms with E-state index in [1.807, 2.05) is 24.3 Å². The normalized spacial score (nSPS) is 10.3. The number of benzene rings is 1. The Morgan fingerprint density at radius 3 is 2.70 bits per heavy atom. The highest BCUT2D eigenvalue weighted by Crippen LogP contribution is 2.12. The molecule has 0 bridgehead atoms. The van der Waals surface area contributed by atoms with Crippen molar-refractivity contribution in [3.8, 4) is 5.75 Å². The van der Waals surface area contributed by atoms with E-state index in [0.717, 1.165) is 24.2 Å². The molecule has 0 unspecified atom stereocenters. The zero-order valence-corrected chi connectivity index (χ0v) is 16.2. The molecule has 0 aliphatic carbocycles. The number of methoxy groups -OCH3 is 1. The van der Waals surface area contributed by atoms with Crippen LogP contribution in [-0.4, -0.2) is 48.9 Å². The lowest BCUT2D eigenvalue weighted by Crippen LogP contribution is -2.29. The lowest BCUT2D eigenvalue weighted by atomic mass is 10.1. The molecule has 0 saturated heterocycles. The van der Waals surface area contributed by atoms with Gasteiger partial charge in [0.25, 0.3) is 11.8 Å². The maximum absolute atomic E-state index is 12.4. The molecule has 2 aromatic rings. The summed E-state index contributed by atoms with van der Waals surface area (Å²) in [5.41, 5.74) is 1.89. The number of rotatable bonds is 9. The fraction of sp³-hybridized carbons (Fsp3) is 0.381. The number of hydrogen-bond acceptors (Lipinski definition) is 4.